The molecule has 0 radical (unpaired) electrons. The average Bonchev–Trinajstić information content (AvgIpc) is 2.90. The molecular weight excluding hydrogens is 314 g/mol. The van der Waals surface area contributed by atoms with Crippen molar-refractivity contribution in [1.82, 2.24) is 9.78 Å². The fourth-order valence-electron chi connectivity index (χ4n) is 1.65. The molecule has 2 aromatic rings. The van der Waals surface area contributed by atoms with Crippen LogP contribution in [-0.4, -0.2) is 35.6 Å². The molecule has 0 fully saturated rings. The Kier molecular flexibility index (Phi) is 4.34. The molecule has 0 spiro atoms. The molecule has 1 unspecified atom stereocenters. The molecule has 0 saturated carbocycles. The second-order valence-corrected chi connectivity index (χ2v) is 7.38. The molecule has 1 N–H and O–H groups in total. The highest BCUT2D eigenvalue weighted by Crippen LogP contribution is 2.24. The highest BCUT2D eigenvalue weighted by molar-refractivity contribution is 7.92. The molecule has 1 heterocycles. The molecule has 0 bridgehead atoms. The van der Waals surface area contributed by atoms with Gasteiger partial charge in [0.25, 0.3) is 0 Å². The number of benzene rings is 1. The molecule has 0 aliphatic rings. The first-order chi connectivity index (χ1) is 9.79. The molecule has 112 valence electrons. The van der Waals surface area contributed by atoms with E-state index in [0.717, 1.165) is 6.26 Å². The summed E-state index contributed by atoms with van der Waals surface area (Å²) >= 11 is 5.93. The Bertz CT molecular complexity index is 757. The van der Waals surface area contributed by atoms with E-state index in [1.807, 2.05) is 0 Å². The van der Waals surface area contributed by atoms with E-state index in [9.17, 15) is 13.2 Å². The lowest BCUT2D eigenvalue weighted by Gasteiger charge is -2.14. The van der Waals surface area contributed by atoms with Gasteiger partial charge in [0.05, 0.1) is 11.4 Å². The van der Waals surface area contributed by atoms with Gasteiger partial charge in [0.15, 0.2) is 9.84 Å². The fourth-order valence-corrected chi connectivity index (χ4v) is 2.27. The van der Waals surface area contributed by atoms with Gasteiger partial charge < -0.3 is 5.32 Å². The topological polar surface area (TPSA) is 81.1 Å². The first-order valence-electron chi connectivity index (χ1n) is 6.08. The number of anilines is 1. The minimum absolute atomic E-state index is 0.395. The Morgan fingerprint density at radius 1 is 1.43 bits per heavy atom. The number of hydrogen-bond donors (Lipinski definition) is 1. The van der Waals surface area contributed by atoms with Crippen molar-refractivity contribution in [2.24, 2.45) is 0 Å². The van der Waals surface area contributed by atoms with Crippen LogP contribution in [0.25, 0.3) is 5.69 Å². The van der Waals surface area contributed by atoms with Crippen LogP contribution in [0.4, 0.5) is 5.69 Å². The molecule has 21 heavy (non-hydrogen) atoms. The van der Waals surface area contributed by atoms with Crippen LogP contribution >= 0.6 is 11.6 Å². The average molecular weight is 328 g/mol. The third-order valence-electron chi connectivity index (χ3n) is 2.98. The van der Waals surface area contributed by atoms with Crippen molar-refractivity contribution in [2.45, 2.75) is 12.2 Å². The van der Waals surface area contributed by atoms with Gasteiger partial charge >= 0.3 is 0 Å². The van der Waals surface area contributed by atoms with Gasteiger partial charge in [0.2, 0.25) is 5.91 Å². The lowest BCUT2D eigenvalue weighted by Crippen LogP contribution is -2.32. The molecule has 8 heteroatoms. The molecule has 0 saturated heterocycles. The first-order valence-corrected chi connectivity index (χ1v) is 8.41. The van der Waals surface area contributed by atoms with Crippen LogP contribution < -0.4 is 5.32 Å². The summed E-state index contributed by atoms with van der Waals surface area (Å²) in [5, 5.41) is 5.94. The number of sulfone groups is 1. The van der Waals surface area contributed by atoms with E-state index in [0.29, 0.717) is 16.4 Å². The Labute approximate surface area is 127 Å². The predicted molar refractivity (Wildman–Crippen MR) is 81.5 cm³/mol. The van der Waals surface area contributed by atoms with Gasteiger partial charge in [-0.05, 0) is 31.2 Å². The van der Waals surface area contributed by atoms with Crippen molar-refractivity contribution in [3.63, 3.8) is 0 Å². The van der Waals surface area contributed by atoms with Crippen LogP contribution in [0.3, 0.4) is 0 Å². The van der Waals surface area contributed by atoms with Gasteiger partial charge in [-0.3, -0.25) is 4.79 Å². The van der Waals surface area contributed by atoms with Crippen LogP contribution in [0.1, 0.15) is 6.92 Å². The normalized spacial score (nSPS) is 12.9. The number of carbonyl (C=O) groups excluding carboxylic acids is 1. The zero-order chi connectivity index (χ0) is 15.6. The maximum atomic E-state index is 12.0. The molecule has 2 rings (SSSR count). The Morgan fingerprint density at radius 2 is 2.14 bits per heavy atom. The maximum absolute atomic E-state index is 12.0. The van der Waals surface area contributed by atoms with Gasteiger partial charge in [0.1, 0.15) is 5.25 Å². The molecule has 1 atom stereocenters. The van der Waals surface area contributed by atoms with Gasteiger partial charge in [-0.2, -0.15) is 5.10 Å². The fraction of sp³-hybridized carbons (Fsp3) is 0.231. The minimum Gasteiger partial charge on any atom is -0.323 e. The number of rotatable bonds is 4. The molecular formula is C13H14ClN3O3S. The molecule has 1 aromatic heterocycles. The Morgan fingerprint density at radius 3 is 2.71 bits per heavy atom. The quantitative estimate of drug-likeness (QED) is 0.930. The summed E-state index contributed by atoms with van der Waals surface area (Å²) in [6.07, 6.45) is 4.32. The van der Waals surface area contributed by atoms with E-state index in [1.54, 1.807) is 41.3 Å². The van der Waals surface area contributed by atoms with Crippen molar-refractivity contribution < 1.29 is 13.2 Å². The van der Waals surface area contributed by atoms with Crippen molar-refractivity contribution in [2.75, 3.05) is 11.6 Å². The van der Waals surface area contributed by atoms with Crippen molar-refractivity contribution in [3.8, 4) is 5.69 Å². The third-order valence-corrected chi connectivity index (χ3v) is 4.71. The number of nitrogens with one attached hydrogen (secondary N) is 1. The van der Waals surface area contributed by atoms with Crippen LogP contribution in [0.15, 0.2) is 36.7 Å². The van der Waals surface area contributed by atoms with E-state index in [4.69, 9.17) is 11.6 Å². The zero-order valence-electron chi connectivity index (χ0n) is 11.4. The van der Waals surface area contributed by atoms with E-state index in [1.165, 1.54) is 6.92 Å². The van der Waals surface area contributed by atoms with Gasteiger partial charge in [-0.15, -0.1) is 0 Å². The van der Waals surface area contributed by atoms with Gasteiger partial charge in [-0.25, -0.2) is 13.1 Å². The summed E-state index contributed by atoms with van der Waals surface area (Å²) < 4.78 is 24.4. The van der Waals surface area contributed by atoms with Crippen molar-refractivity contribution in [1.29, 1.82) is 0 Å². The lowest BCUT2D eigenvalue weighted by atomic mass is 10.2. The second kappa shape index (κ2) is 5.87. The SMILES string of the molecule is CC(C(=O)Nc1cc(Cl)ccc1-n1cccn1)S(C)(=O)=O. The number of aromatic nitrogens is 2. The van der Waals surface area contributed by atoms with Crippen molar-refractivity contribution >= 4 is 33.0 Å². The molecule has 6 nitrogen and oxygen atoms in total. The Balaban J connectivity index is 2.36. The summed E-state index contributed by atoms with van der Waals surface area (Å²) in [5.41, 5.74) is 0.991. The summed E-state index contributed by atoms with van der Waals surface area (Å²) in [5.74, 6) is -0.617. The minimum atomic E-state index is -3.47. The summed E-state index contributed by atoms with van der Waals surface area (Å²) in [6, 6.07) is 6.63. The number of hydrogen-bond acceptors (Lipinski definition) is 4. The van der Waals surface area contributed by atoms with E-state index in [2.05, 4.69) is 10.4 Å². The number of halogens is 1. The monoisotopic (exact) mass is 327 g/mol. The zero-order valence-corrected chi connectivity index (χ0v) is 13.0. The summed E-state index contributed by atoms with van der Waals surface area (Å²) in [6.45, 7) is 1.34. The third kappa shape index (κ3) is 3.62. The van der Waals surface area contributed by atoms with E-state index in [-0.39, 0.29) is 0 Å². The Hall–Kier alpha value is -1.86. The van der Waals surface area contributed by atoms with Crippen LogP contribution in [-0.2, 0) is 14.6 Å². The van der Waals surface area contributed by atoms with Crippen LogP contribution in [0.2, 0.25) is 5.02 Å². The van der Waals surface area contributed by atoms with Gasteiger partial charge in [-0.1, -0.05) is 11.6 Å². The smallest absolute Gasteiger partial charge is 0.242 e. The largest absolute Gasteiger partial charge is 0.323 e. The standard InChI is InChI=1S/C13H14ClN3O3S/c1-9(21(2,19)20)13(18)16-11-8-10(14)4-5-12(11)17-7-3-6-15-17/h3-9H,1-2H3,(H,16,18). The van der Waals surface area contributed by atoms with E-state index >= 15 is 0 Å². The van der Waals surface area contributed by atoms with Gasteiger partial charge in [0, 0.05) is 23.7 Å². The summed E-state index contributed by atoms with van der Waals surface area (Å²) in [7, 11) is -3.47. The number of carbonyl (C=O) groups is 1. The predicted octanol–water partition coefficient (Wildman–Crippen LogP) is 1.90. The molecule has 0 aliphatic heterocycles. The van der Waals surface area contributed by atoms with Crippen molar-refractivity contribution in [3.05, 3.63) is 41.7 Å². The van der Waals surface area contributed by atoms with Crippen LogP contribution in [0, 0.1) is 0 Å². The summed E-state index contributed by atoms with van der Waals surface area (Å²) in [4.78, 5) is 12.0. The number of nitrogens with zero attached hydrogens (tertiary/aromatic N) is 2. The highest BCUT2D eigenvalue weighted by atomic mass is 35.5. The lowest BCUT2D eigenvalue weighted by molar-refractivity contribution is -0.115. The second-order valence-electron chi connectivity index (χ2n) is 4.57. The van der Waals surface area contributed by atoms with E-state index < -0.39 is 21.0 Å². The molecule has 1 amide bonds. The maximum Gasteiger partial charge on any atom is 0.242 e. The highest BCUT2D eigenvalue weighted by Gasteiger charge is 2.24. The number of amides is 1. The molecule has 1 aromatic carbocycles. The molecule has 0 aliphatic carbocycles. The first kappa shape index (κ1) is 15.5. The van der Waals surface area contributed by atoms with Crippen LogP contribution in [0.5, 0.6) is 0 Å².